The van der Waals surface area contributed by atoms with Crippen molar-refractivity contribution in [2.75, 3.05) is 33.3 Å². The van der Waals surface area contributed by atoms with Gasteiger partial charge in [0.05, 0.1) is 18.7 Å². The number of nitrogens with one attached hydrogen (secondary N) is 1. The van der Waals surface area contributed by atoms with Crippen LogP contribution in [0.5, 0.6) is 5.75 Å². The summed E-state index contributed by atoms with van der Waals surface area (Å²) in [6, 6.07) is 17.6. The lowest BCUT2D eigenvalue weighted by atomic mass is 10.1. The lowest BCUT2D eigenvalue weighted by Gasteiger charge is -2.34. The van der Waals surface area contributed by atoms with Crippen LogP contribution in [0, 0.1) is 11.3 Å². The van der Waals surface area contributed by atoms with Crippen molar-refractivity contribution in [2.45, 2.75) is 13.1 Å². The molecular weight excluding hydrogens is 340 g/mol. The topological polar surface area (TPSA) is 68.6 Å². The third-order valence-corrected chi connectivity index (χ3v) is 4.75. The van der Waals surface area contributed by atoms with Gasteiger partial charge in [-0.15, -0.1) is 0 Å². The fourth-order valence-corrected chi connectivity index (χ4v) is 3.19. The number of nitrogens with zero attached hydrogens (tertiary/aromatic N) is 3. The van der Waals surface area contributed by atoms with E-state index in [2.05, 4.69) is 40.6 Å². The number of carbonyl (C=O) groups excluding carboxylic acids is 1. The van der Waals surface area contributed by atoms with Crippen LogP contribution in [0.3, 0.4) is 0 Å². The van der Waals surface area contributed by atoms with Gasteiger partial charge in [0.15, 0.2) is 0 Å². The van der Waals surface area contributed by atoms with Crippen molar-refractivity contribution >= 4 is 6.03 Å². The van der Waals surface area contributed by atoms with Gasteiger partial charge in [-0.25, -0.2) is 4.79 Å². The molecule has 6 heteroatoms. The standard InChI is InChI=1S/C21H24N4O2/c1-27-20-13-18(14-22)7-8-19(20)15-23-21(26)25-11-9-24(10-12-25)16-17-5-3-2-4-6-17/h2-8,13H,9-12,15-16H2,1H3,(H,23,26). The zero-order chi connectivity index (χ0) is 19.1. The molecule has 1 heterocycles. The molecule has 0 saturated carbocycles. The molecule has 0 aromatic heterocycles. The average Bonchev–Trinajstić information content (AvgIpc) is 2.73. The molecule has 1 fully saturated rings. The van der Waals surface area contributed by atoms with Gasteiger partial charge in [0.1, 0.15) is 5.75 Å². The van der Waals surface area contributed by atoms with Gasteiger partial charge in [0.25, 0.3) is 0 Å². The highest BCUT2D eigenvalue weighted by atomic mass is 16.5. The highest BCUT2D eigenvalue weighted by Gasteiger charge is 2.21. The number of carbonyl (C=O) groups is 1. The summed E-state index contributed by atoms with van der Waals surface area (Å²) in [7, 11) is 1.56. The second-order valence-corrected chi connectivity index (χ2v) is 6.55. The average molecular weight is 364 g/mol. The Balaban J connectivity index is 1.48. The first-order valence-corrected chi connectivity index (χ1v) is 9.05. The van der Waals surface area contributed by atoms with E-state index in [0.29, 0.717) is 30.9 Å². The van der Waals surface area contributed by atoms with E-state index in [9.17, 15) is 4.79 Å². The number of ether oxygens (including phenoxy) is 1. The third kappa shape index (κ3) is 4.99. The Labute approximate surface area is 160 Å². The Bertz CT molecular complexity index is 809. The fourth-order valence-electron chi connectivity index (χ4n) is 3.19. The van der Waals surface area contributed by atoms with Crippen molar-refractivity contribution in [2.24, 2.45) is 0 Å². The molecule has 0 aliphatic carbocycles. The van der Waals surface area contributed by atoms with E-state index in [1.807, 2.05) is 17.0 Å². The van der Waals surface area contributed by atoms with Crippen molar-refractivity contribution in [3.05, 3.63) is 65.2 Å². The van der Waals surface area contributed by atoms with Crippen LogP contribution in [0.15, 0.2) is 48.5 Å². The van der Waals surface area contributed by atoms with Crippen LogP contribution >= 0.6 is 0 Å². The number of urea groups is 1. The minimum atomic E-state index is -0.0687. The summed E-state index contributed by atoms with van der Waals surface area (Å²) in [6.07, 6.45) is 0. The van der Waals surface area contributed by atoms with Crippen molar-refractivity contribution in [3.63, 3.8) is 0 Å². The Morgan fingerprint density at radius 1 is 1.15 bits per heavy atom. The quantitative estimate of drug-likeness (QED) is 0.885. The summed E-state index contributed by atoms with van der Waals surface area (Å²) in [6.45, 7) is 4.44. The Kier molecular flexibility index (Phi) is 6.29. The molecule has 140 valence electrons. The molecule has 1 N–H and O–H groups in total. The highest BCUT2D eigenvalue weighted by Crippen LogP contribution is 2.20. The smallest absolute Gasteiger partial charge is 0.317 e. The van der Waals surface area contributed by atoms with E-state index >= 15 is 0 Å². The number of amides is 2. The maximum absolute atomic E-state index is 12.5. The zero-order valence-electron chi connectivity index (χ0n) is 15.5. The van der Waals surface area contributed by atoms with Gasteiger partial charge in [-0.05, 0) is 17.7 Å². The normalized spacial score (nSPS) is 14.4. The summed E-state index contributed by atoms with van der Waals surface area (Å²) in [5, 5.41) is 11.9. The van der Waals surface area contributed by atoms with Gasteiger partial charge in [0, 0.05) is 44.8 Å². The van der Waals surface area contributed by atoms with E-state index in [1.54, 1.807) is 19.2 Å². The lowest BCUT2D eigenvalue weighted by molar-refractivity contribution is 0.135. The summed E-state index contributed by atoms with van der Waals surface area (Å²) in [5.41, 5.74) is 2.69. The summed E-state index contributed by atoms with van der Waals surface area (Å²) < 4.78 is 5.31. The molecule has 1 aliphatic heterocycles. The molecule has 6 nitrogen and oxygen atoms in total. The van der Waals surface area contributed by atoms with Crippen molar-refractivity contribution < 1.29 is 9.53 Å². The molecule has 0 unspecified atom stereocenters. The summed E-state index contributed by atoms with van der Waals surface area (Å²) in [5.74, 6) is 0.613. The summed E-state index contributed by atoms with van der Waals surface area (Å²) >= 11 is 0. The molecule has 0 bridgehead atoms. The first-order chi connectivity index (χ1) is 13.2. The third-order valence-electron chi connectivity index (χ3n) is 4.75. The minimum Gasteiger partial charge on any atom is -0.496 e. The van der Waals surface area contributed by atoms with E-state index < -0.39 is 0 Å². The van der Waals surface area contributed by atoms with Crippen LogP contribution in [0.1, 0.15) is 16.7 Å². The SMILES string of the molecule is COc1cc(C#N)ccc1CNC(=O)N1CCN(Cc2ccccc2)CC1. The summed E-state index contributed by atoms with van der Waals surface area (Å²) in [4.78, 5) is 16.7. The fraction of sp³-hybridized carbons (Fsp3) is 0.333. The molecule has 1 saturated heterocycles. The second-order valence-electron chi connectivity index (χ2n) is 6.55. The van der Waals surface area contributed by atoms with E-state index in [-0.39, 0.29) is 6.03 Å². The Morgan fingerprint density at radius 2 is 1.89 bits per heavy atom. The van der Waals surface area contributed by atoms with Crippen LogP contribution in [0.2, 0.25) is 0 Å². The number of piperazine rings is 1. The number of methoxy groups -OCH3 is 1. The van der Waals surface area contributed by atoms with Crippen molar-refractivity contribution in [3.8, 4) is 11.8 Å². The van der Waals surface area contributed by atoms with Crippen LogP contribution in [0.4, 0.5) is 4.79 Å². The Morgan fingerprint density at radius 3 is 2.56 bits per heavy atom. The highest BCUT2D eigenvalue weighted by molar-refractivity contribution is 5.74. The molecule has 3 rings (SSSR count). The van der Waals surface area contributed by atoms with Gasteiger partial charge in [-0.2, -0.15) is 5.26 Å². The van der Waals surface area contributed by atoms with Gasteiger partial charge in [-0.3, -0.25) is 4.90 Å². The number of hydrogen-bond acceptors (Lipinski definition) is 4. The lowest BCUT2D eigenvalue weighted by Crippen LogP contribution is -2.51. The number of nitriles is 1. The van der Waals surface area contributed by atoms with E-state index in [1.165, 1.54) is 5.56 Å². The van der Waals surface area contributed by atoms with Crippen LogP contribution in [-0.2, 0) is 13.1 Å². The number of hydrogen-bond donors (Lipinski definition) is 1. The van der Waals surface area contributed by atoms with Crippen LogP contribution < -0.4 is 10.1 Å². The predicted molar refractivity (Wildman–Crippen MR) is 103 cm³/mol. The van der Waals surface area contributed by atoms with Crippen molar-refractivity contribution in [1.29, 1.82) is 5.26 Å². The maximum atomic E-state index is 12.5. The molecular formula is C21H24N4O2. The van der Waals surface area contributed by atoms with Gasteiger partial charge in [-0.1, -0.05) is 36.4 Å². The van der Waals surface area contributed by atoms with Crippen molar-refractivity contribution in [1.82, 2.24) is 15.1 Å². The molecule has 2 amide bonds. The molecule has 2 aromatic carbocycles. The van der Waals surface area contributed by atoms with Gasteiger partial charge in [0.2, 0.25) is 0 Å². The van der Waals surface area contributed by atoms with Gasteiger partial charge < -0.3 is 15.0 Å². The van der Waals surface area contributed by atoms with Gasteiger partial charge >= 0.3 is 6.03 Å². The zero-order valence-corrected chi connectivity index (χ0v) is 15.5. The molecule has 0 atom stereocenters. The molecule has 27 heavy (non-hydrogen) atoms. The largest absolute Gasteiger partial charge is 0.496 e. The maximum Gasteiger partial charge on any atom is 0.317 e. The molecule has 0 spiro atoms. The predicted octanol–water partition coefficient (Wildman–Crippen LogP) is 2.59. The molecule has 2 aromatic rings. The Hall–Kier alpha value is -3.04. The minimum absolute atomic E-state index is 0.0687. The van der Waals surface area contributed by atoms with E-state index in [4.69, 9.17) is 10.00 Å². The second kappa shape index (κ2) is 9.06. The number of benzene rings is 2. The first-order valence-electron chi connectivity index (χ1n) is 9.05. The first kappa shape index (κ1) is 18.7. The monoisotopic (exact) mass is 364 g/mol. The van der Waals surface area contributed by atoms with Crippen LogP contribution in [0.25, 0.3) is 0 Å². The van der Waals surface area contributed by atoms with Crippen LogP contribution in [-0.4, -0.2) is 49.1 Å². The molecule has 1 aliphatic rings. The molecule has 0 radical (unpaired) electrons. The van der Waals surface area contributed by atoms with E-state index in [0.717, 1.165) is 25.2 Å². The number of rotatable bonds is 5.